The Morgan fingerprint density at radius 3 is 3.06 bits per heavy atom. The van der Waals surface area contributed by atoms with Crippen LogP contribution < -0.4 is 10.9 Å². The Balaban J connectivity index is 1.90. The molecule has 0 aliphatic carbocycles. The van der Waals surface area contributed by atoms with Crippen molar-refractivity contribution in [1.82, 2.24) is 20.5 Å². The zero-order chi connectivity index (χ0) is 12.1. The molecule has 0 bridgehead atoms. The third-order valence-electron chi connectivity index (χ3n) is 2.32. The molecule has 17 heavy (non-hydrogen) atoms. The van der Waals surface area contributed by atoms with Gasteiger partial charge in [0.05, 0.1) is 6.20 Å². The summed E-state index contributed by atoms with van der Waals surface area (Å²) >= 11 is 0. The molecule has 1 amide bonds. The van der Waals surface area contributed by atoms with Gasteiger partial charge >= 0.3 is 0 Å². The van der Waals surface area contributed by atoms with E-state index < -0.39 is 0 Å². The van der Waals surface area contributed by atoms with Gasteiger partial charge < -0.3 is 10.3 Å². The minimum absolute atomic E-state index is 0.125. The van der Waals surface area contributed by atoms with Gasteiger partial charge in [0.1, 0.15) is 5.56 Å². The summed E-state index contributed by atoms with van der Waals surface area (Å²) in [5, 5.41) is 9.17. The first kappa shape index (κ1) is 11.1. The van der Waals surface area contributed by atoms with E-state index >= 15 is 0 Å². The summed E-state index contributed by atoms with van der Waals surface area (Å²) in [5.41, 5.74) is 0.750. The molecule has 0 radical (unpaired) electrons. The van der Waals surface area contributed by atoms with Crippen LogP contribution in [0.3, 0.4) is 0 Å². The highest BCUT2D eigenvalue weighted by Gasteiger charge is 2.08. The highest BCUT2D eigenvalue weighted by Crippen LogP contribution is 1.94. The number of carbonyl (C=O) groups is 1. The second-order valence-corrected chi connectivity index (χ2v) is 3.53. The summed E-state index contributed by atoms with van der Waals surface area (Å²) in [7, 11) is 0. The first-order valence-electron chi connectivity index (χ1n) is 5.21. The average molecular weight is 232 g/mol. The molecule has 0 spiro atoms. The van der Waals surface area contributed by atoms with Crippen LogP contribution in [0, 0.1) is 0 Å². The predicted molar refractivity (Wildman–Crippen MR) is 61.7 cm³/mol. The standard InChI is InChI=1S/C11H12N4O2/c16-10-9(2-1-4-12-10)11(17)13-5-3-8-6-14-15-7-8/h1-2,4,6-7H,3,5H2,(H,12,16)(H,13,17)(H,14,15). The van der Waals surface area contributed by atoms with Crippen LogP contribution in [0.5, 0.6) is 0 Å². The summed E-state index contributed by atoms with van der Waals surface area (Å²) in [6, 6.07) is 3.11. The van der Waals surface area contributed by atoms with Gasteiger partial charge in [0, 0.05) is 18.9 Å². The number of H-pyrrole nitrogens is 2. The summed E-state index contributed by atoms with van der Waals surface area (Å²) < 4.78 is 0. The molecule has 0 fully saturated rings. The fourth-order valence-electron chi connectivity index (χ4n) is 1.43. The van der Waals surface area contributed by atoms with Crippen LogP contribution in [0.15, 0.2) is 35.5 Å². The van der Waals surface area contributed by atoms with Gasteiger partial charge in [0.25, 0.3) is 11.5 Å². The third-order valence-corrected chi connectivity index (χ3v) is 2.32. The minimum atomic E-state index is -0.381. The molecule has 6 nitrogen and oxygen atoms in total. The van der Waals surface area contributed by atoms with E-state index in [1.165, 1.54) is 12.3 Å². The van der Waals surface area contributed by atoms with Crippen molar-refractivity contribution in [1.29, 1.82) is 0 Å². The van der Waals surface area contributed by atoms with E-state index in [-0.39, 0.29) is 17.0 Å². The highest BCUT2D eigenvalue weighted by atomic mass is 16.2. The lowest BCUT2D eigenvalue weighted by Crippen LogP contribution is -2.30. The number of carbonyl (C=O) groups excluding carboxylic acids is 1. The van der Waals surface area contributed by atoms with E-state index in [9.17, 15) is 9.59 Å². The van der Waals surface area contributed by atoms with Crippen molar-refractivity contribution in [3.05, 3.63) is 52.2 Å². The number of pyridine rings is 1. The van der Waals surface area contributed by atoms with Gasteiger partial charge in [-0.05, 0) is 24.1 Å². The molecule has 0 unspecified atom stereocenters. The molecular formula is C11H12N4O2. The molecule has 0 aliphatic heterocycles. The molecule has 2 heterocycles. The molecule has 3 N–H and O–H groups in total. The number of aromatic nitrogens is 3. The van der Waals surface area contributed by atoms with Gasteiger partial charge in [0.15, 0.2) is 0 Å². The van der Waals surface area contributed by atoms with E-state index in [0.29, 0.717) is 13.0 Å². The van der Waals surface area contributed by atoms with Crippen molar-refractivity contribution in [3.63, 3.8) is 0 Å². The van der Waals surface area contributed by atoms with Crippen LogP contribution in [0.2, 0.25) is 0 Å². The Hall–Kier alpha value is -2.37. The Kier molecular flexibility index (Phi) is 3.34. The number of hydrogen-bond donors (Lipinski definition) is 3. The maximum Gasteiger partial charge on any atom is 0.260 e. The number of nitrogens with one attached hydrogen (secondary N) is 3. The van der Waals surface area contributed by atoms with Gasteiger partial charge in [-0.25, -0.2) is 0 Å². The topological polar surface area (TPSA) is 90.6 Å². The molecular weight excluding hydrogens is 220 g/mol. The van der Waals surface area contributed by atoms with Crippen LogP contribution in [0.4, 0.5) is 0 Å². The molecule has 6 heteroatoms. The SMILES string of the molecule is O=C(NCCc1cn[nH]c1)c1ccc[nH]c1=O. The van der Waals surface area contributed by atoms with Gasteiger partial charge in [0.2, 0.25) is 0 Å². The van der Waals surface area contributed by atoms with E-state index in [4.69, 9.17) is 0 Å². The monoisotopic (exact) mass is 232 g/mol. The zero-order valence-electron chi connectivity index (χ0n) is 9.06. The summed E-state index contributed by atoms with van der Waals surface area (Å²) in [6.07, 6.45) is 5.63. The van der Waals surface area contributed by atoms with Gasteiger partial charge in [-0.3, -0.25) is 14.7 Å². The smallest absolute Gasteiger partial charge is 0.260 e. The normalized spacial score (nSPS) is 10.1. The molecule has 0 saturated carbocycles. The Morgan fingerprint density at radius 2 is 2.35 bits per heavy atom. The van der Waals surface area contributed by atoms with Crippen LogP contribution >= 0.6 is 0 Å². The van der Waals surface area contributed by atoms with Crippen LogP contribution in [0.1, 0.15) is 15.9 Å². The van der Waals surface area contributed by atoms with E-state index in [0.717, 1.165) is 5.56 Å². The Bertz CT molecular complexity index is 545. The Labute approximate surface area is 97.1 Å². The lowest BCUT2D eigenvalue weighted by molar-refractivity contribution is 0.0952. The van der Waals surface area contributed by atoms with Crippen molar-refractivity contribution >= 4 is 5.91 Å². The number of hydrogen-bond acceptors (Lipinski definition) is 3. The quantitative estimate of drug-likeness (QED) is 0.696. The van der Waals surface area contributed by atoms with Crippen LogP contribution in [0.25, 0.3) is 0 Å². The van der Waals surface area contributed by atoms with Crippen molar-refractivity contribution in [2.45, 2.75) is 6.42 Å². The molecule has 0 atom stereocenters. The first-order chi connectivity index (χ1) is 8.27. The molecule has 0 aromatic carbocycles. The number of amides is 1. The minimum Gasteiger partial charge on any atom is -0.352 e. The summed E-state index contributed by atoms with van der Waals surface area (Å²) in [6.45, 7) is 0.465. The molecule has 2 aromatic heterocycles. The lowest BCUT2D eigenvalue weighted by Gasteiger charge is -2.02. The fraction of sp³-hybridized carbons (Fsp3) is 0.182. The summed E-state index contributed by atoms with van der Waals surface area (Å²) in [4.78, 5) is 25.4. The van der Waals surface area contributed by atoms with E-state index in [1.54, 1.807) is 18.5 Å². The van der Waals surface area contributed by atoms with Crippen molar-refractivity contribution in [2.75, 3.05) is 6.54 Å². The summed E-state index contributed by atoms with van der Waals surface area (Å²) in [5.74, 6) is -0.365. The molecule has 0 aliphatic rings. The fourth-order valence-corrected chi connectivity index (χ4v) is 1.43. The molecule has 0 saturated heterocycles. The number of aromatic amines is 2. The second-order valence-electron chi connectivity index (χ2n) is 3.53. The highest BCUT2D eigenvalue weighted by molar-refractivity contribution is 5.93. The Morgan fingerprint density at radius 1 is 1.47 bits per heavy atom. The molecule has 2 aromatic rings. The van der Waals surface area contributed by atoms with Crippen LogP contribution in [-0.2, 0) is 6.42 Å². The maximum absolute atomic E-state index is 11.6. The third kappa shape index (κ3) is 2.81. The van der Waals surface area contributed by atoms with Gasteiger partial charge in [-0.2, -0.15) is 5.10 Å². The van der Waals surface area contributed by atoms with Gasteiger partial charge in [-0.15, -0.1) is 0 Å². The molecule has 88 valence electrons. The van der Waals surface area contributed by atoms with Crippen LogP contribution in [-0.4, -0.2) is 27.6 Å². The predicted octanol–water partition coefficient (Wildman–Crippen LogP) is 0.0705. The second kappa shape index (κ2) is 5.11. The average Bonchev–Trinajstić information content (AvgIpc) is 2.82. The largest absolute Gasteiger partial charge is 0.352 e. The van der Waals surface area contributed by atoms with E-state index in [1.807, 2.05) is 0 Å². The van der Waals surface area contributed by atoms with E-state index in [2.05, 4.69) is 20.5 Å². The van der Waals surface area contributed by atoms with Crippen molar-refractivity contribution in [3.8, 4) is 0 Å². The maximum atomic E-state index is 11.6. The molecule has 2 rings (SSSR count). The number of nitrogens with zero attached hydrogens (tertiary/aromatic N) is 1. The van der Waals surface area contributed by atoms with Crippen molar-refractivity contribution < 1.29 is 4.79 Å². The van der Waals surface area contributed by atoms with Gasteiger partial charge in [-0.1, -0.05) is 0 Å². The number of rotatable bonds is 4. The first-order valence-corrected chi connectivity index (χ1v) is 5.21. The van der Waals surface area contributed by atoms with Crippen molar-refractivity contribution in [2.24, 2.45) is 0 Å². The zero-order valence-corrected chi connectivity index (χ0v) is 9.06. The lowest BCUT2D eigenvalue weighted by atomic mass is 10.2.